The van der Waals surface area contributed by atoms with E-state index in [1.165, 1.54) is 0 Å². The van der Waals surface area contributed by atoms with Gasteiger partial charge in [-0.05, 0) is 48.9 Å². The number of rotatable bonds is 8. The fourth-order valence-electron chi connectivity index (χ4n) is 2.73. The van der Waals surface area contributed by atoms with E-state index >= 15 is 0 Å². The molecule has 0 saturated heterocycles. The molecule has 0 bridgehead atoms. The van der Waals surface area contributed by atoms with Crippen LogP contribution in [0.15, 0.2) is 77.4 Å². The van der Waals surface area contributed by atoms with Gasteiger partial charge in [0.15, 0.2) is 0 Å². The van der Waals surface area contributed by atoms with Crippen molar-refractivity contribution in [2.45, 2.75) is 19.5 Å². The number of carbonyl (C=O) groups excluding carboxylic acids is 2. The Morgan fingerprint density at radius 3 is 2.39 bits per heavy atom. The van der Waals surface area contributed by atoms with Crippen LogP contribution in [0.2, 0.25) is 0 Å². The van der Waals surface area contributed by atoms with Crippen LogP contribution in [-0.4, -0.2) is 18.4 Å². The van der Waals surface area contributed by atoms with Gasteiger partial charge in [0.25, 0.3) is 5.91 Å². The second-order valence-electron chi connectivity index (χ2n) is 6.41. The summed E-state index contributed by atoms with van der Waals surface area (Å²) in [6.45, 7) is 2.59. The van der Waals surface area contributed by atoms with Gasteiger partial charge >= 0.3 is 0 Å². The second-order valence-corrected chi connectivity index (χ2v) is 6.41. The minimum Gasteiger partial charge on any atom is -0.468 e. The first-order valence-electron chi connectivity index (χ1n) is 9.10. The quantitative estimate of drug-likeness (QED) is 0.561. The van der Waals surface area contributed by atoms with Crippen molar-refractivity contribution in [3.63, 3.8) is 0 Å². The summed E-state index contributed by atoms with van der Waals surface area (Å²) in [4.78, 5) is 24.4. The summed E-state index contributed by atoms with van der Waals surface area (Å²) in [5, 5.41) is 8.76. The van der Waals surface area contributed by atoms with Crippen LogP contribution in [-0.2, 0) is 11.3 Å². The maximum Gasteiger partial charge on any atom is 0.251 e. The minimum absolute atomic E-state index is 0.0895. The molecular formula is C22H23N3O3. The zero-order chi connectivity index (χ0) is 19.8. The van der Waals surface area contributed by atoms with Crippen molar-refractivity contribution in [3.05, 3.63) is 89.9 Å². The molecule has 0 aliphatic heterocycles. The van der Waals surface area contributed by atoms with Gasteiger partial charge in [-0.2, -0.15) is 0 Å². The average molecular weight is 377 g/mol. The van der Waals surface area contributed by atoms with Gasteiger partial charge in [-0.25, -0.2) is 0 Å². The van der Waals surface area contributed by atoms with E-state index in [1.807, 2.05) is 43.3 Å². The van der Waals surface area contributed by atoms with Crippen LogP contribution in [0.4, 0.5) is 5.69 Å². The second kappa shape index (κ2) is 9.53. The molecule has 1 unspecified atom stereocenters. The van der Waals surface area contributed by atoms with Crippen LogP contribution in [0.5, 0.6) is 0 Å². The van der Waals surface area contributed by atoms with E-state index in [-0.39, 0.29) is 24.4 Å². The summed E-state index contributed by atoms with van der Waals surface area (Å²) in [5.74, 6) is 0.448. The molecule has 1 atom stereocenters. The number of hydrogen-bond donors (Lipinski definition) is 3. The summed E-state index contributed by atoms with van der Waals surface area (Å²) in [6, 6.07) is 20.1. The highest BCUT2D eigenvalue weighted by Gasteiger charge is 2.11. The molecule has 0 saturated carbocycles. The van der Waals surface area contributed by atoms with Crippen LogP contribution >= 0.6 is 0 Å². The Morgan fingerprint density at radius 2 is 1.71 bits per heavy atom. The first kappa shape index (κ1) is 19.4. The van der Waals surface area contributed by atoms with Gasteiger partial charge in [0, 0.05) is 11.3 Å². The van der Waals surface area contributed by atoms with E-state index in [1.54, 1.807) is 36.6 Å². The lowest BCUT2D eigenvalue weighted by Crippen LogP contribution is -2.28. The number of carbonyl (C=O) groups is 2. The van der Waals surface area contributed by atoms with Crippen molar-refractivity contribution < 1.29 is 14.0 Å². The third-order valence-electron chi connectivity index (χ3n) is 4.24. The van der Waals surface area contributed by atoms with Crippen molar-refractivity contribution in [3.8, 4) is 0 Å². The molecule has 6 nitrogen and oxygen atoms in total. The van der Waals surface area contributed by atoms with Gasteiger partial charge in [-0.3, -0.25) is 9.59 Å². The van der Waals surface area contributed by atoms with Gasteiger partial charge < -0.3 is 20.4 Å². The predicted octanol–water partition coefficient (Wildman–Crippen LogP) is 3.50. The van der Waals surface area contributed by atoms with Crippen LogP contribution in [0, 0.1) is 0 Å². The normalized spacial score (nSPS) is 11.6. The molecule has 2 amide bonds. The van der Waals surface area contributed by atoms with Gasteiger partial charge in [0.2, 0.25) is 5.91 Å². The van der Waals surface area contributed by atoms with Crippen molar-refractivity contribution >= 4 is 17.5 Å². The summed E-state index contributed by atoms with van der Waals surface area (Å²) in [5.41, 5.74) is 2.22. The summed E-state index contributed by atoms with van der Waals surface area (Å²) >= 11 is 0. The maximum atomic E-state index is 12.4. The zero-order valence-corrected chi connectivity index (χ0v) is 15.6. The first-order valence-corrected chi connectivity index (χ1v) is 9.10. The molecule has 3 N–H and O–H groups in total. The molecule has 0 spiro atoms. The maximum absolute atomic E-state index is 12.4. The predicted molar refractivity (Wildman–Crippen MR) is 108 cm³/mol. The van der Waals surface area contributed by atoms with Crippen LogP contribution < -0.4 is 16.0 Å². The van der Waals surface area contributed by atoms with Crippen LogP contribution in [0.1, 0.15) is 34.6 Å². The lowest BCUT2D eigenvalue weighted by molar-refractivity contribution is -0.115. The van der Waals surface area contributed by atoms with E-state index in [0.29, 0.717) is 17.8 Å². The van der Waals surface area contributed by atoms with E-state index < -0.39 is 0 Å². The Bertz CT molecular complexity index is 891. The van der Waals surface area contributed by atoms with Crippen LogP contribution in [0.25, 0.3) is 0 Å². The Balaban J connectivity index is 1.47. The van der Waals surface area contributed by atoms with Crippen molar-refractivity contribution in [1.82, 2.24) is 10.6 Å². The van der Waals surface area contributed by atoms with Crippen LogP contribution in [0.3, 0.4) is 0 Å². The molecule has 6 heteroatoms. The summed E-state index contributed by atoms with van der Waals surface area (Å²) in [6.07, 6.45) is 1.59. The Morgan fingerprint density at radius 1 is 0.964 bits per heavy atom. The molecule has 2 aromatic carbocycles. The monoisotopic (exact) mass is 377 g/mol. The first-order chi connectivity index (χ1) is 13.6. The number of nitrogens with one attached hydrogen (secondary N) is 3. The highest BCUT2D eigenvalue weighted by molar-refractivity contribution is 5.96. The molecule has 0 aliphatic rings. The van der Waals surface area contributed by atoms with Gasteiger partial charge in [0.1, 0.15) is 5.76 Å². The van der Waals surface area contributed by atoms with Crippen molar-refractivity contribution in [1.29, 1.82) is 0 Å². The number of amides is 2. The molecule has 3 rings (SSSR count). The van der Waals surface area contributed by atoms with E-state index in [4.69, 9.17) is 4.42 Å². The van der Waals surface area contributed by atoms with Crippen molar-refractivity contribution in [2.75, 3.05) is 11.9 Å². The van der Waals surface area contributed by atoms with E-state index in [0.717, 1.165) is 11.3 Å². The Labute approximate surface area is 164 Å². The zero-order valence-electron chi connectivity index (χ0n) is 15.6. The smallest absolute Gasteiger partial charge is 0.251 e. The molecule has 144 valence electrons. The number of furan rings is 1. The number of benzene rings is 2. The van der Waals surface area contributed by atoms with Crippen molar-refractivity contribution in [2.24, 2.45) is 0 Å². The highest BCUT2D eigenvalue weighted by atomic mass is 16.3. The fourth-order valence-corrected chi connectivity index (χ4v) is 2.73. The number of anilines is 1. The highest BCUT2D eigenvalue weighted by Crippen LogP contribution is 2.14. The standard InChI is InChI=1S/C22H23N3O3/c1-16(17-6-3-2-4-7-17)24-22(27)18-9-11-19(12-10-18)25-21(26)15-23-14-20-8-5-13-28-20/h2-13,16,23H,14-15H2,1H3,(H,24,27)(H,25,26). The molecular weight excluding hydrogens is 354 g/mol. The van der Waals surface area contributed by atoms with Gasteiger partial charge in [-0.1, -0.05) is 30.3 Å². The lowest BCUT2D eigenvalue weighted by Gasteiger charge is -2.14. The number of hydrogen-bond acceptors (Lipinski definition) is 4. The molecule has 0 fully saturated rings. The summed E-state index contributed by atoms with van der Waals surface area (Å²) < 4.78 is 5.19. The topological polar surface area (TPSA) is 83.4 Å². The largest absolute Gasteiger partial charge is 0.468 e. The molecule has 0 radical (unpaired) electrons. The third kappa shape index (κ3) is 5.56. The van der Waals surface area contributed by atoms with Gasteiger partial charge in [-0.15, -0.1) is 0 Å². The molecule has 0 aliphatic carbocycles. The van der Waals surface area contributed by atoms with E-state index in [9.17, 15) is 9.59 Å². The van der Waals surface area contributed by atoms with E-state index in [2.05, 4.69) is 16.0 Å². The lowest BCUT2D eigenvalue weighted by atomic mass is 10.1. The molecule has 3 aromatic rings. The third-order valence-corrected chi connectivity index (χ3v) is 4.24. The van der Waals surface area contributed by atoms with Gasteiger partial charge in [0.05, 0.1) is 25.4 Å². The molecule has 1 aromatic heterocycles. The molecule has 1 heterocycles. The minimum atomic E-state index is -0.165. The molecule has 28 heavy (non-hydrogen) atoms. The fraction of sp³-hybridized carbons (Fsp3) is 0.182. The average Bonchev–Trinajstić information content (AvgIpc) is 3.22. The SMILES string of the molecule is CC(NC(=O)c1ccc(NC(=O)CNCc2ccco2)cc1)c1ccccc1. The Hall–Kier alpha value is -3.38. The Kier molecular flexibility index (Phi) is 6.59. The summed E-state index contributed by atoms with van der Waals surface area (Å²) in [7, 11) is 0.